The van der Waals surface area contributed by atoms with Crippen molar-refractivity contribution in [2.45, 2.75) is 19.9 Å². The highest BCUT2D eigenvalue weighted by Gasteiger charge is 2.34. The summed E-state index contributed by atoms with van der Waals surface area (Å²) in [4.78, 5) is 28.2. The summed E-state index contributed by atoms with van der Waals surface area (Å²) in [5, 5.41) is 3.83. The number of hydrogen-bond donors (Lipinski definition) is 0. The number of methoxy groups -OCH3 is 1. The van der Waals surface area contributed by atoms with Crippen LogP contribution in [0.3, 0.4) is 0 Å². The molecule has 1 aliphatic heterocycles. The first kappa shape index (κ1) is 17.0. The van der Waals surface area contributed by atoms with Gasteiger partial charge >= 0.3 is 0 Å². The zero-order valence-electron chi connectivity index (χ0n) is 14.6. The fourth-order valence-electron chi connectivity index (χ4n) is 3.04. The van der Waals surface area contributed by atoms with Gasteiger partial charge in [0.05, 0.1) is 13.2 Å². The van der Waals surface area contributed by atoms with Gasteiger partial charge in [-0.3, -0.25) is 9.59 Å². The van der Waals surface area contributed by atoms with Gasteiger partial charge in [0.25, 0.3) is 5.91 Å². The summed E-state index contributed by atoms with van der Waals surface area (Å²) in [5.41, 5.74) is 1.23. The van der Waals surface area contributed by atoms with Crippen molar-refractivity contribution in [1.82, 2.24) is 15.0 Å². The molecule has 7 nitrogen and oxygen atoms in total. The second-order valence-electron chi connectivity index (χ2n) is 6.08. The van der Waals surface area contributed by atoms with Gasteiger partial charge in [-0.05, 0) is 24.6 Å². The highest BCUT2D eigenvalue weighted by atomic mass is 16.5. The molecule has 2 amide bonds. The fraction of sp³-hybridized carbons (Fsp3) is 0.389. The van der Waals surface area contributed by atoms with Crippen molar-refractivity contribution in [3.8, 4) is 5.75 Å². The van der Waals surface area contributed by atoms with Crippen LogP contribution >= 0.6 is 0 Å². The Morgan fingerprint density at radius 1 is 1.24 bits per heavy atom. The Labute approximate surface area is 146 Å². The summed E-state index contributed by atoms with van der Waals surface area (Å²) in [6.45, 7) is 4.69. The van der Waals surface area contributed by atoms with Crippen LogP contribution in [0.15, 0.2) is 34.9 Å². The predicted molar refractivity (Wildman–Crippen MR) is 90.3 cm³/mol. The highest BCUT2D eigenvalue weighted by molar-refractivity contribution is 5.92. The Hall–Kier alpha value is -2.83. The zero-order chi connectivity index (χ0) is 18.0. The number of aryl methyl sites for hydroxylation is 1. The molecule has 1 aromatic heterocycles. The van der Waals surface area contributed by atoms with E-state index in [1.54, 1.807) is 36.8 Å². The summed E-state index contributed by atoms with van der Waals surface area (Å²) in [5.74, 6) is 1.14. The van der Waals surface area contributed by atoms with E-state index in [1.807, 2.05) is 24.3 Å². The van der Waals surface area contributed by atoms with Gasteiger partial charge in [0.2, 0.25) is 5.91 Å². The maximum Gasteiger partial charge on any atom is 0.276 e. The van der Waals surface area contributed by atoms with Crippen LogP contribution in [0.2, 0.25) is 0 Å². The lowest BCUT2D eigenvalue weighted by Crippen LogP contribution is -2.52. The molecule has 132 valence electrons. The van der Waals surface area contributed by atoms with E-state index in [9.17, 15) is 9.59 Å². The summed E-state index contributed by atoms with van der Waals surface area (Å²) >= 11 is 0. The third kappa shape index (κ3) is 3.50. The second kappa shape index (κ2) is 6.96. The monoisotopic (exact) mass is 343 g/mol. The Balaban J connectivity index is 1.91. The van der Waals surface area contributed by atoms with E-state index in [2.05, 4.69) is 5.16 Å². The minimum Gasteiger partial charge on any atom is -0.497 e. The summed E-state index contributed by atoms with van der Waals surface area (Å²) in [6, 6.07) is 8.93. The van der Waals surface area contributed by atoms with Crippen LogP contribution in [-0.2, 0) is 4.79 Å². The number of benzene rings is 1. The molecule has 1 aromatic carbocycles. The van der Waals surface area contributed by atoms with E-state index in [0.717, 1.165) is 11.3 Å². The third-order valence-corrected chi connectivity index (χ3v) is 4.43. The van der Waals surface area contributed by atoms with E-state index >= 15 is 0 Å². The van der Waals surface area contributed by atoms with Crippen LogP contribution in [-0.4, -0.2) is 53.5 Å². The van der Waals surface area contributed by atoms with Crippen LogP contribution < -0.4 is 4.74 Å². The molecule has 2 heterocycles. The van der Waals surface area contributed by atoms with Crippen molar-refractivity contribution in [3.63, 3.8) is 0 Å². The lowest BCUT2D eigenvalue weighted by molar-refractivity contribution is -0.131. The van der Waals surface area contributed by atoms with Gasteiger partial charge < -0.3 is 19.1 Å². The van der Waals surface area contributed by atoms with Gasteiger partial charge in [0.15, 0.2) is 5.69 Å². The molecule has 2 aromatic rings. The summed E-state index contributed by atoms with van der Waals surface area (Å²) in [7, 11) is 1.61. The molecule has 0 spiro atoms. The number of hydrogen-bond acceptors (Lipinski definition) is 5. The molecule has 1 fully saturated rings. The second-order valence-corrected chi connectivity index (χ2v) is 6.08. The van der Waals surface area contributed by atoms with Crippen LogP contribution in [0.25, 0.3) is 0 Å². The molecule has 0 unspecified atom stereocenters. The lowest BCUT2D eigenvalue weighted by atomic mass is 10.0. The molecular formula is C18H21N3O4. The average molecular weight is 343 g/mol. The van der Waals surface area contributed by atoms with Crippen LogP contribution in [0, 0.1) is 6.92 Å². The maximum atomic E-state index is 12.9. The molecule has 0 bridgehead atoms. The topological polar surface area (TPSA) is 75.9 Å². The fourth-order valence-corrected chi connectivity index (χ4v) is 3.04. The van der Waals surface area contributed by atoms with E-state index < -0.39 is 0 Å². The average Bonchev–Trinajstić information content (AvgIpc) is 3.07. The molecule has 1 saturated heterocycles. The number of carbonyl (C=O) groups excluding carboxylic acids is 2. The van der Waals surface area contributed by atoms with Crippen LogP contribution in [0.5, 0.6) is 5.75 Å². The first-order chi connectivity index (χ1) is 12.0. The van der Waals surface area contributed by atoms with E-state index in [0.29, 0.717) is 25.4 Å². The molecular weight excluding hydrogens is 322 g/mol. The Kier molecular flexibility index (Phi) is 4.74. The number of ether oxygens (including phenoxy) is 1. The van der Waals surface area contributed by atoms with Crippen LogP contribution in [0.1, 0.15) is 34.8 Å². The smallest absolute Gasteiger partial charge is 0.276 e. The first-order valence-corrected chi connectivity index (χ1v) is 8.13. The minimum absolute atomic E-state index is 0.00268. The number of piperazine rings is 1. The quantitative estimate of drug-likeness (QED) is 0.852. The highest BCUT2D eigenvalue weighted by Crippen LogP contribution is 2.28. The summed E-state index contributed by atoms with van der Waals surface area (Å²) in [6.07, 6.45) is 0. The Bertz CT molecular complexity index is 769. The van der Waals surface area contributed by atoms with E-state index in [1.165, 1.54) is 0 Å². The SMILES string of the molecule is COc1ccc([C@@H]2CN(C(C)=O)CCN2C(=O)c2cc(C)on2)cc1. The number of nitrogens with zero attached hydrogens (tertiary/aromatic N) is 3. The number of aromatic nitrogens is 1. The van der Waals surface area contributed by atoms with Gasteiger partial charge in [-0.15, -0.1) is 0 Å². The normalized spacial score (nSPS) is 17.5. The molecule has 0 radical (unpaired) electrons. The van der Waals surface area contributed by atoms with Crippen molar-refractivity contribution in [2.24, 2.45) is 0 Å². The van der Waals surface area contributed by atoms with Crippen molar-refractivity contribution in [3.05, 3.63) is 47.3 Å². The molecule has 1 aliphatic rings. The van der Waals surface area contributed by atoms with Crippen LogP contribution in [0.4, 0.5) is 0 Å². The number of amides is 2. The van der Waals surface area contributed by atoms with E-state index in [-0.39, 0.29) is 23.6 Å². The van der Waals surface area contributed by atoms with E-state index in [4.69, 9.17) is 9.26 Å². The number of rotatable bonds is 3. The van der Waals surface area contributed by atoms with Gasteiger partial charge in [-0.2, -0.15) is 0 Å². The molecule has 0 N–H and O–H groups in total. The van der Waals surface area contributed by atoms with Gasteiger partial charge in [0.1, 0.15) is 11.5 Å². The summed E-state index contributed by atoms with van der Waals surface area (Å²) < 4.78 is 10.2. The van der Waals surface area contributed by atoms with Crippen molar-refractivity contribution >= 4 is 11.8 Å². The minimum atomic E-state index is -0.243. The van der Waals surface area contributed by atoms with Gasteiger partial charge in [-0.25, -0.2) is 0 Å². The van der Waals surface area contributed by atoms with Crippen molar-refractivity contribution in [1.29, 1.82) is 0 Å². The zero-order valence-corrected chi connectivity index (χ0v) is 14.6. The maximum absolute atomic E-state index is 12.9. The molecule has 0 saturated carbocycles. The molecule has 25 heavy (non-hydrogen) atoms. The predicted octanol–water partition coefficient (Wildman–Crippen LogP) is 2.04. The van der Waals surface area contributed by atoms with Crippen molar-refractivity contribution < 1.29 is 18.8 Å². The third-order valence-electron chi connectivity index (χ3n) is 4.43. The molecule has 7 heteroatoms. The Morgan fingerprint density at radius 2 is 1.96 bits per heavy atom. The van der Waals surface area contributed by atoms with Crippen molar-refractivity contribution in [2.75, 3.05) is 26.7 Å². The molecule has 1 atom stereocenters. The van der Waals surface area contributed by atoms with Gasteiger partial charge in [0, 0.05) is 32.6 Å². The molecule has 3 rings (SSSR count). The Morgan fingerprint density at radius 3 is 2.52 bits per heavy atom. The first-order valence-electron chi connectivity index (χ1n) is 8.13. The molecule has 0 aliphatic carbocycles. The largest absolute Gasteiger partial charge is 0.497 e. The number of carbonyl (C=O) groups is 2. The lowest BCUT2D eigenvalue weighted by Gasteiger charge is -2.41. The standard InChI is InChI=1S/C18H21N3O4/c1-12-10-16(19-25-12)18(23)21-9-8-20(13(2)22)11-17(21)14-4-6-15(24-3)7-5-14/h4-7,10,17H,8-9,11H2,1-3H3/t17-/m0/s1. The van der Waals surface area contributed by atoms with Gasteiger partial charge in [-0.1, -0.05) is 17.3 Å².